The van der Waals surface area contributed by atoms with E-state index in [1.807, 2.05) is 0 Å². The summed E-state index contributed by atoms with van der Waals surface area (Å²) in [4.78, 5) is 4.97. The molecular formula is C12H21N3. The van der Waals surface area contributed by atoms with Gasteiger partial charge < -0.3 is 5.73 Å². The van der Waals surface area contributed by atoms with Crippen LogP contribution >= 0.6 is 0 Å². The van der Waals surface area contributed by atoms with Gasteiger partial charge >= 0.3 is 0 Å². The molecule has 0 spiro atoms. The molecule has 0 saturated carbocycles. The third-order valence-corrected chi connectivity index (χ3v) is 3.65. The summed E-state index contributed by atoms with van der Waals surface area (Å²) in [5.41, 5.74) is 5.91. The van der Waals surface area contributed by atoms with Gasteiger partial charge in [-0.2, -0.15) is 0 Å². The SMILES string of the molecule is C#CCN1CCC(N2CCC(N)CC2)C1. The van der Waals surface area contributed by atoms with Crippen LogP contribution < -0.4 is 5.73 Å². The summed E-state index contributed by atoms with van der Waals surface area (Å²) < 4.78 is 0. The van der Waals surface area contributed by atoms with Crippen LogP contribution in [0.5, 0.6) is 0 Å². The summed E-state index contributed by atoms with van der Waals surface area (Å²) >= 11 is 0. The summed E-state index contributed by atoms with van der Waals surface area (Å²) in [5, 5.41) is 0. The minimum Gasteiger partial charge on any atom is -0.328 e. The fourth-order valence-corrected chi connectivity index (χ4v) is 2.67. The minimum absolute atomic E-state index is 0.435. The Bertz CT molecular complexity index is 238. The Labute approximate surface area is 92.6 Å². The van der Waals surface area contributed by atoms with E-state index in [1.54, 1.807) is 0 Å². The van der Waals surface area contributed by atoms with Gasteiger partial charge in [-0.25, -0.2) is 0 Å². The lowest BCUT2D eigenvalue weighted by Gasteiger charge is -2.34. The molecule has 2 heterocycles. The van der Waals surface area contributed by atoms with Gasteiger partial charge in [-0.3, -0.25) is 9.80 Å². The van der Waals surface area contributed by atoms with E-state index in [0.29, 0.717) is 6.04 Å². The Morgan fingerprint density at radius 3 is 2.60 bits per heavy atom. The molecule has 1 unspecified atom stereocenters. The van der Waals surface area contributed by atoms with Crippen molar-refractivity contribution in [3.63, 3.8) is 0 Å². The van der Waals surface area contributed by atoms with Crippen LogP contribution in [0.15, 0.2) is 0 Å². The zero-order valence-corrected chi connectivity index (χ0v) is 9.36. The fourth-order valence-electron chi connectivity index (χ4n) is 2.67. The van der Waals surface area contributed by atoms with Crippen LogP contribution in [-0.2, 0) is 0 Å². The van der Waals surface area contributed by atoms with E-state index in [-0.39, 0.29) is 0 Å². The second-order valence-electron chi connectivity index (χ2n) is 4.76. The Kier molecular flexibility index (Phi) is 3.63. The molecule has 2 saturated heterocycles. The van der Waals surface area contributed by atoms with Crippen molar-refractivity contribution in [3.8, 4) is 12.3 Å². The van der Waals surface area contributed by atoms with Crippen molar-refractivity contribution in [2.45, 2.75) is 31.3 Å². The van der Waals surface area contributed by atoms with Gasteiger partial charge in [0.2, 0.25) is 0 Å². The number of hydrogen-bond acceptors (Lipinski definition) is 3. The maximum Gasteiger partial charge on any atom is 0.0599 e. The largest absolute Gasteiger partial charge is 0.328 e. The van der Waals surface area contributed by atoms with Crippen LogP contribution in [-0.4, -0.2) is 54.6 Å². The highest BCUT2D eigenvalue weighted by Crippen LogP contribution is 2.19. The zero-order chi connectivity index (χ0) is 10.7. The summed E-state index contributed by atoms with van der Waals surface area (Å²) in [6.07, 6.45) is 8.92. The van der Waals surface area contributed by atoms with Gasteiger partial charge in [0, 0.05) is 25.2 Å². The average Bonchev–Trinajstić information content (AvgIpc) is 2.68. The molecular weight excluding hydrogens is 186 g/mol. The van der Waals surface area contributed by atoms with Gasteiger partial charge in [-0.1, -0.05) is 5.92 Å². The summed E-state index contributed by atoms with van der Waals surface area (Å²) in [6.45, 7) is 5.48. The Morgan fingerprint density at radius 1 is 1.20 bits per heavy atom. The van der Waals surface area contributed by atoms with Crippen LogP contribution in [0.25, 0.3) is 0 Å². The first-order valence-corrected chi connectivity index (χ1v) is 5.95. The molecule has 15 heavy (non-hydrogen) atoms. The molecule has 0 amide bonds. The third-order valence-electron chi connectivity index (χ3n) is 3.65. The molecule has 84 valence electrons. The topological polar surface area (TPSA) is 32.5 Å². The number of likely N-dealkylation sites (tertiary alicyclic amines) is 2. The van der Waals surface area contributed by atoms with Crippen LogP contribution in [0.1, 0.15) is 19.3 Å². The number of rotatable bonds is 2. The molecule has 2 N–H and O–H groups in total. The van der Waals surface area contributed by atoms with Crippen molar-refractivity contribution in [1.29, 1.82) is 0 Å². The molecule has 0 aliphatic carbocycles. The summed E-state index contributed by atoms with van der Waals surface area (Å²) in [7, 11) is 0. The molecule has 0 aromatic carbocycles. The number of piperidine rings is 1. The van der Waals surface area contributed by atoms with Gasteiger partial charge in [0.05, 0.1) is 6.54 Å². The monoisotopic (exact) mass is 207 g/mol. The lowest BCUT2D eigenvalue weighted by molar-refractivity contribution is 0.154. The molecule has 2 aliphatic heterocycles. The van der Waals surface area contributed by atoms with Gasteiger partial charge in [0.25, 0.3) is 0 Å². The highest BCUT2D eigenvalue weighted by atomic mass is 15.3. The number of hydrogen-bond donors (Lipinski definition) is 1. The molecule has 2 aliphatic rings. The molecule has 0 radical (unpaired) electrons. The minimum atomic E-state index is 0.435. The van der Waals surface area contributed by atoms with Crippen molar-refractivity contribution >= 4 is 0 Å². The molecule has 3 heteroatoms. The van der Waals surface area contributed by atoms with E-state index >= 15 is 0 Å². The second-order valence-corrected chi connectivity index (χ2v) is 4.76. The van der Waals surface area contributed by atoms with Crippen LogP contribution in [0, 0.1) is 12.3 Å². The standard InChI is InChI=1S/C12H21N3/c1-2-6-14-7-5-12(10-14)15-8-3-11(13)4-9-15/h1,11-12H,3-10,13H2. The predicted molar refractivity (Wildman–Crippen MR) is 62.5 cm³/mol. The highest BCUT2D eigenvalue weighted by Gasteiger charge is 2.29. The molecule has 1 atom stereocenters. The summed E-state index contributed by atoms with van der Waals surface area (Å²) in [5.74, 6) is 2.73. The van der Waals surface area contributed by atoms with E-state index in [0.717, 1.165) is 38.5 Å². The van der Waals surface area contributed by atoms with E-state index in [9.17, 15) is 0 Å². The van der Waals surface area contributed by atoms with E-state index in [1.165, 1.54) is 19.5 Å². The van der Waals surface area contributed by atoms with Crippen molar-refractivity contribution in [2.24, 2.45) is 5.73 Å². The molecule has 0 aromatic rings. The third kappa shape index (κ3) is 2.72. The number of nitrogens with two attached hydrogens (primary N) is 1. The Balaban J connectivity index is 1.78. The normalized spacial score (nSPS) is 30.5. The van der Waals surface area contributed by atoms with Gasteiger partial charge in [-0.05, 0) is 32.4 Å². The van der Waals surface area contributed by atoms with Gasteiger partial charge in [0.1, 0.15) is 0 Å². The van der Waals surface area contributed by atoms with E-state index in [4.69, 9.17) is 12.2 Å². The van der Waals surface area contributed by atoms with Gasteiger partial charge in [-0.15, -0.1) is 6.42 Å². The molecule has 2 rings (SSSR count). The van der Waals surface area contributed by atoms with Crippen molar-refractivity contribution in [3.05, 3.63) is 0 Å². The fraction of sp³-hybridized carbons (Fsp3) is 0.833. The highest BCUT2D eigenvalue weighted by molar-refractivity contribution is 4.93. The smallest absolute Gasteiger partial charge is 0.0599 e. The van der Waals surface area contributed by atoms with E-state index < -0.39 is 0 Å². The number of terminal acetylenes is 1. The first kappa shape index (κ1) is 10.9. The lowest BCUT2D eigenvalue weighted by atomic mass is 10.0. The van der Waals surface area contributed by atoms with Crippen molar-refractivity contribution in [1.82, 2.24) is 9.80 Å². The molecule has 2 fully saturated rings. The van der Waals surface area contributed by atoms with Gasteiger partial charge in [0.15, 0.2) is 0 Å². The first-order chi connectivity index (χ1) is 7.29. The van der Waals surface area contributed by atoms with Crippen molar-refractivity contribution < 1.29 is 0 Å². The zero-order valence-electron chi connectivity index (χ0n) is 9.36. The van der Waals surface area contributed by atoms with Crippen LogP contribution in [0.2, 0.25) is 0 Å². The van der Waals surface area contributed by atoms with E-state index in [2.05, 4.69) is 15.7 Å². The molecule has 3 nitrogen and oxygen atoms in total. The lowest BCUT2D eigenvalue weighted by Crippen LogP contribution is -2.46. The number of nitrogens with zero attached hydrogens (tertiary/aromatic N) is 2. The second kappa shape index (κ2) is 4.98. The van der Waals surface area contributed by atoms with Crippen molar-refractivity contribution in [2.75, 3.05) is 32.7 Å². The Morgan fingerprint density at radius 2 is 1.93 bits per heavy atom. The molecule has 0 aromatic heterocycles. The van der Waals surface area contributed by atoms with Crippen LogP contribution in [0.4, 0.5) is 0 Å². The van der Waals surface area contributed by atoms with Crippen LogP contribution in [0.3, 0.4) is 0 Å². The summed E-state index contributed by atoms with van der Waals surface area (Å²) in [6, 6.07) is 1.16. The molecule has 0 bridgehead atoms. The Hall–Kier alpha value is -0.560. The first-order valence-electron chi connectivity index (χ1n) is 5.95. The predicted octanol–water partition coefficient (Wildman–Crippen LogP) is 0.117. The maximum atomic E-state index is 5.91. The maximum absolute atomic E-state index is 5.91. The quantitative estimate of drug-likeness (QED) is 0.653. The average molecular weight is 207 g/mol.